The molecule has 0 N–H and O–H groups in total. The van der Waals surface area contributed by atoms with Crippen LogP contribution in [0.1, 0.15) is 25.0 Å². The number of hydrogen-bond donors (Lipinski definition) is 0. The first-order valence-corrected chi connectivity index (χ1v) is 19.6. The van der Waals surface area contributed by atoms with Gasteiger partial charge >= 0.3 is 0 Å². The minimum Gasteiger partial charge on any atom is -0.228 e. The summed E-state index contributed by atoms with van der Waals surface area (Å²) in [6.07, 6.45) is 0. The molecule has 0 amide bonds. The van der Waals surface area contributed by atoms with Crippen LogP contribution in [0.5, 0.6) is 0 Å². The Hall–Kier alpha value is -7.16. The molecule has 0 unspecified atom stereocenters. The quantitative estimate of drug-likeness (QED) is 0.163. The number of hydrogen-bond acceptors (Lipinski definition) is 2. The van der Waals surface area contributed by atoms with E-state index in [1.165, 1.54) is 55.6 Å². The van der Waals surface area contributed by atoms with Crippen molar-refractivity contribution in [3.63, 3.8) is 0 Å². The van der Waals surface area contributed by atoms with E-state index in [4.69, 9.17) is 9.97 Å². The van der Waals surface area contributed by atoms with Crippen LogP contribution in [0.4, 0.5) is 0 Å². The number of fused-ring (bicyclic) bond motifs is 3. The third-order valence-electron chi connectivity index (χ3n) is 11.5. The van der Waals surface area contributed by atoms with E-state index in [1.54, 1.807) is 0 Å². The average Bonchev–Trinajstić information content (AvgIpc) is 3.53. The Morgan fingerprint density at radius 3 is 1.40 bits per heavy atom. The van der Waals surface area contributed by atoms with Gasteiger partial charge in [-0.05, 0) is 85.0 Å². The summed E-state index contributed by atoms with van der Waals surface area (Å²) < 4.78 is 0. The topological polar surface area (TPSA) is 25.8 Å². The van der Waals surface area contributed by atoms with Crippen molar-refractivity contribution in [2.24, 2.45) is 0 Å². The second-order valence-electron chi connectivity index (χ2n) is 15.4. The molecule has 2 nitrogen and oxygen atoms in total. The van der Waals surface area contributed by atoms with E-state index < -0.39 is 0 Å². The summed E-state index contributed by atoms with van der Waals surface area (Å²) in [7, 11) is 0. The smallest absolute Gasteiger partial charge is 0.160 e. The molecule has 2 heteroatoms. The van der Waals surface area contributed by atoms with E-state index in [1.807, 2.05) is 6.07 Å². The molecule has 0 saturated carbocycles. The number of aromatic nitrogens is 2. The first kappa shape index (κ1) is 34.3. The van der Waals surface area contributed by atoms with E-state index in [0.717, 1.165) is 39.2 Å². The highest BCUT2D eigenvalue weighted by atomic mass is 14.9. The van der Waals surface area contributed by atoms with Crippen LogP contribution in [0.3, 0.4) is 0 Å². The molecule has 1 aliphatic carbocycles. The molecular weight excluding hydrogens is 689 g/mol. The van der Waals surface area contributed by atoms with E-state index in [9.17, 15) is 0 Å². The van der Waals surface area contributed by atoms with Gasteiger partial charge in [0.1, 0.15) is 0 Å². The Morgan fingerprint density at radius 2 is 0.719 bits per heavy atom. The van der Waals surface area contributed by atoms with Crippen LogP contribution in [0, 0.1) is 0 Å². The SMILES string of the molecule is CC1(C)c2ccccc2-c2cccc(-c3cccc(-c4ccc(-c5nc(-c6ccc(-c7ccccc7)cc6)cc(-c6cccc(-c7ccccc7)c6)n5)cc4)c3)c21. The molecule has 0 aliphatic heterocycles. The standard InChI is InChI=1S/C55H40N2/c1-55(2)50-25-10-9-22-48(50)49-24-13-23-47(53(49)55)45-20-11-18-43(34-45)40-28-32-42(33-29-40)54-56-51(41-30-26-39(27-31-41)37-14-5-3-6-15-37)36-52(57-54)46-21-12-19-44(35-46)38-16-7-4-8-17-38/h3-36H,1-2H3. The fourth-order valence-electron chi connectivity index (χ4n) is 8.59. The summed E-state index contributed by atoms with van der Waals surface area (Å²) in [5, 5.41) is 0. The Morgan fingerprint density at radius 1 is 0.298 bits per heavy atom. The van der Waals surface area contributed by atoms with Crippen molar-refractivity contribution in [3.05, 3.63) is 217 Å². The summed E-state index contributed by atoms with van der Waals surface area (Å²) in [4.78, 5) is 10.4. The van der Waals surface area contributed by atoms with E-state index >= 15 is 0 Å². The lowest BCUT2D eigenvalue weighted by Gasteiger charge is -2.24. The lowest BCUT2D eigenvalue weighted by molar-refractivity contribution is 0.662. The third kappa shape index (κ3) is 6.36. The molecule has 0 fully saturated rings. The monoisotopic (exact) mass is 728 g/mol. The second kappa shape index (κ2) is 14.2. The molecule has 10 rings (SSSR count). The minimum atomic E-state index is -0.0830. The van der Waals surface area contributed by atoms with Crippen molar-refractivity contribution in [2.75, 3.05) is 0 Å². The zero-order valence-electron chi connectivity index (χ0n) is 32.0. The van der Waals surface area contributed by atoms with Crippen LogP contribution in [-0.2, 0) is 5.41 Å². The summed E-state index contributed by atoms with van der Waals surface area (Å²) in [5.41, 5.74) is 19.8. The lowest BCUT2D eigenvalue weighted by Crippen LogP contribution is -2.16. The van der Waals surface area contributed by atoms with Crippen molar-refractivity contribution in [1.82, 2.24) is 9.97 Å². The fourth-order valence-corrected chi connectivity index (χ4v) is 8.59. The molecule has 0 saturated heterocycles. The van der Waals surface area contributed by atoms with Gasteiger partial charge in [0.15, 0.2) is 5.82 Å². The fraction of sp³-hybridized carbons (Fsp3) is 0.0545. The first-order valence-electron chi connectivity index (χ1n) is 19.6. The predicted octanol–water partition coefficient (Wildman–Crippen LogP) is 14.5. The van der Waals surface area contributed by atoms with Gasteiger partial charge in [-0.15, -0.1) is 0 Å². The largest absolute Gasteiger partial charge is 0.228 e. The maximum absolute atomic E-state index is 5.21. The lowest BCUT2D eigenvalue weighted by atomic mass is 9.78. The highest BCUT2D eigenvalue weighted by Crippen LogP contribution is 2.52. The van der Waals surface area contributed by atoms with Crippen LogP contribution in [0.15, 0.2) is 206 Å². The summed E-state index contributed by atoms with van der Waals surface area (Å²) in [5.74, 6) is 0.696. The van der Waals surface area contributed by atoms with Crippen LogP contribution >= 0.6 is 0 Å². The minimum absolute atomic E-state index is 0.0830. The van der Waals surface area contributed by atoms with E-state index in [-0.39, 0.29) is 5.41 Å². The van der Waals surface area contributed by atoms with Crippen LogP contribution in [0.25, 0.3) is 89.5 Å². The highest BCUT2D eigenvalue weighted by molar-refractivity contribution is 5.89. The molecule has 8 aromatic carbocycles. The van der Waals surface area contributed by atoms with Crippen molar-refractivity contribution in [1.29, 1.82) is 0 Å². The van der Waals surface area contributed by atoms with E-state index in [2.05, 4.69) is 214 Å². The maximum Gasteiger partial charge on any atom is 0.160 e. The van der Waals surface area contributed by atoms with Crippen LogP contribution < -0.4 is 0 Å². The molecule has 1 aliphatic rings. The predicted molar refractivity (Wildman–Crippen MR) is 238 cm³/mol. The number of rotatable bonds is 7. The molecule has 0 radical (unpaired) electrons. The van der Waals surface area contributed by atoms with Gasteiger partial charge in [-0.1, -0.05) is 202 Å². The average molecular weight is 729 g/mol. The Bertz CT molecular complexity index is 2890. The number of benzene rings is 8. The van der Waals surface area contributed by atoms with Gasteiger partial charge in [0.2, 0.25) is 0 Å². The number of nitrogens with zero attached hydrogens (tertiary/aromatic N) is 2. The highest BCUT2D eigenvalue weighted by Gasteiger charge is 2.37. The Labute approximate surface area is 334 Å². The normalized spacial score (nSPS) is 12.5. The van der Waals surface area contributed by atoms with E-state index in [0.29, 0.717) is 5.82 Å². The third-order valence-corrected chi connectivity index (χ3v) is 11.5. The van der Waals surface area contributed by atoms with Crippen LogP contribution in [-0.4, -0.2) is 9.97 Å². The molecule has 270 valence electrons. The maximum atomic E-state index is 5.21. The van der Waals surface area contributed by atoms with Gasteiger partial charge in [0.25, 0.3) is 0 Å². The molecule has 0 spiro atoms. The molecule has 1 heterocycles. The molecule has 57 heavy (non-hydrogen) atoms. The molecular formula is C55H40N2. The molecule has 1 aromatic heterocycles. The van der Waals surface area contributed by atoms with Gasteiger partial charge in [0.05, 0.1) is 11.4 Å². The van der Waals surface area contributed by atoms with Crippen molar-refractivity contribution < 1.29 is 0 Å². The first-order chi connectivity index (χ1) is 28.0. The Kier molecular flexibility index (Phi) is 8.53. The zero-order chi connectivity index (χ0) is 38.3. The summed E-state index contributed by atoms with van der Waals surface area (Å²) >= 11 is 0. The second-order valence-corrected chi connectivity index (χ2v) is 15.4. The van der Waals surface area contributed by atoms with Crippen molar-refractivity contribution in [3.8, 4) is 89.5 Å². The molecule has 9 aromatic rings. The van der Waals surface area contributed by atoms with Gasteiger partial charge in [-0.2, -0.15) is 0 Å². The van der Waals surface area contributed by atoms with Crippen molar-refractivity contribution in [2.45, 2.75) is 19.3 Å². The van der Waals surface area contributed by atoms with Gasteiger partial charge in [-0.25, -0.2) is 9.97 Å². The zero-order valence-corrected chi connectivity index (χ0v) is 32.0. The molecule has 0 atom stereocenters. The Balaban J connectivity index is 1.02. The van der Waals surface area contributed by atoms with Gasteiger partial charge < -0.3 is 0 Å². The van der Waals surface area contributed by atoms with Crippen molar-refractivity contribution >= 4 is 0 Å². The van der Waals surface area contributed by atoms with Gasteiger partial charge in [0, 0.05) is 22.1 Å². The van der Waals surface area contributed by atoms with Gasteiger partial charge in [-0.3, -0.25) is 0 Å². The summed E-state index contributed by atoms with van der Waals surface area (Å²) in [6, 6.07) is 73.7. The summed E-state index contributed by atoms with van der Waals surface area (Å²) in [6.45, 7) is 4.71. The molecule has 0 bridgehead atoms. The van der Waals surface area contributed by atoms with Crippen LogP contribution in [0.2, 0.25) is 0 Å².